The fraction of sp³-hybridized carbons (Fsp3) is 0.467. The third kappa shape index (κ3) is 5.53. The normalized spacial score (nSPS) is 10.2. The number of carbonyl (C=O) groups is 2. The van der Waals surface area contributed by atoms with Gasteiger partial charge in [0.05, 0.1) is 19.8 Å². The lowest BCUT2D eigenvalue weighted by molar-refractivity contribution is -0.136. The fourth-order valence-electron chi connectivity index (χ4n) is 1.86. The molecule has 6 nitrogen and oxygen atoms in total. The summed E-state index contributed by atoms with van der Waals surface area (Å²) in [7, 11) is 0. The van der Waals surface area contributed by atoms with Crippen LogP contribution in [0.1, 0.15) is 18.1 Å². The van der Waals surface area contributed by atoms with Crippen LogP contribution in [0.3, 0.4) is 0 Å². The quantitative estimate of drug-likeness (QED) is 0.508. The first-order chi connectivity index (χ1) is 10.1. The zero-order valence-corrected chi connectivity index (χ0v) is 12.4. The Balaban J connectivity index is 2.51. The summed E-state index contributed by atoms with van der Waals surface area (Å²) in [5.41, 5.74) is 2.60. The number of nitrogens with one attached hydrogen (secondary N) is 2. The molecule has 0 aliphatic carbocycles. The second-order valence-electron chi connectivity index (χ2n) is 4.51. The lowest BCUT2D eigenvalue weighted by Gasteiger charge is -2.12. The van der Waals surface area contributed by atoms with Gasteiger partial charge in [-0.1, -0.05) is 25.1 Å². The van der Waals surface area contributed by atoms with Crippen molar-refractivity contribution < 1.29 is 19.4 Å². The summed E-state index contributed by atoms with van der Waals surface area (Å²) in [5, 5.41) is 13.6. The van der Waals surface area contributed by atoms with E-state index in [4.69, 9.17) is 9.84 Å². The molecule has 2 amide bonds. The molecule has 0 atom stereocenters. The molecule has 3 N–H and O–H groups in total. The molecule has 1 aromatic rings. The van der Waals surface area contributed by atoms with Crippen molar-refractivity contribution in [1.29, 1.82) is 0 Å². The predicted molar refractivity (Wildman–Crippen MR) is 80.1 cm³/mol. The molecule has 0 saturated heterocycles. The first-order valence-electron chi connectivity index (χ1n) is 6.96. The molecule has 0 saturated carbocycles. The van der Waals surface area contributed by atoms with E-state index >= 15 is 0 Å². The minimum Gasteiger partial charge on any atom is -0.394 e. The predicted octanol–water partition coefficient (Wildman–Crippen LogP) is 0.621. The Labute approximate surface area is 124 Å². The second-order valence-corrected chi connectivity index (χ2v) is 4.51. The zero-order valence-electron chi connectivity index (χ0n) is 12.4. The van der Waals surface area contributed by atoms with Crippen LogP contribution in [-0.4, -0.2) is 43.3 Å². The van der Waals surface area contributed by atoms with Crippen molar-refractivity contribution in [3.63, 3.8) is 0 Å². The average Bonchev–Trinajstić information content (AvgIpc) is 2.48. The fourth-order valence-corrected chi connectivity index (χ4v) is 1.86. The number of hydrogen-bond donors (Lipinski definition) is 3. The number of aryl methyl sites for hydroxylation is 2. The lowest BCUT2D eigenvalue weighted by Crippen LogP contribution is -2.37. The number of carbonyl (C=O) groups excluding carboxylic acids is 2. The molecule has 0 spiro atoms. The monoisotopic (exact) mass is 294 g/mol. The van der Waals surface area contributed by atoms with Gasteiger partial charge in [-0.25, -0.2) is 0 Å². The van der Waals surface area contributed by atoms with Gasteiger partial charge < -0.3 is 20.5 Å². The maximum atomic E-state index is 11.8. The third-order valence-electron chi connectivity index (χ3n) is 2.95. The molecule has 0 aliphatic rings. The summed E-state index contributed by atoms with van der Waals surface area (Å²) < 4.78 is 4.99. The maximum Gasteiger partial charge on any atom is 0.313 e. The van der Waals surface area contributed by atoms with E-state index in [0.717, 1.165) is 17.5 Å². The first-order valence-corrected chi connectivity index (χ1v) is 6.96. The van der Waals surface area contributed by atoms with E-state index in [1.54, 1.807) is 0 Å². The van der Waals surface area contributed by atoms with Gasteiger partial charge in [-0.05, 0) is 24.5 Å². The molecular weight excluding hydrogens is 272 g/mol. The van der Waals surface area contributed by atoms with Crippen molar-refractivity contribution in [2.75, 3.05) is 31.7 Å². The van der Waals surface area contributed by atoms with Crippen LogP contribution in [-0.2, 0) is 20.7 Å². The maximum absolute atomic E-state index is 11.8. The molecule has 1 rings (SSSR count). The van der Waals surface area contributed by atoms with Gasteiger partial charge >= 0.3 is 11.8 Å². The topological polar surface area (TPSA) is 87.7 Å². The Morgan fingerprint density at radius 3 is 2.67 bits per heavy atom. The van der Waals surface area contributed by atoms with E-state index in [0.29, 0.717) is 5.69 Å². The number of ether oxygens (including phenoxy) is 1. The van der Waals surface area contributed by atoms with Crippen LogP contribution in [0.15, 0.2) is 18.2 Å². The van der Waals surface area contributed by atoms with Crippen molar-refractivity contribution in [3.05, 3.63) is 29.3 Å². The van der Waals surface area contributed by atoms with Crippen LogP contribution in [0, 0.1) is 6.92 Å². The van der Waals surface area contributed by atoms with Gasteiger partial charge in [-0.3, -0.25) is 9.59 Å². The number of aliphatic hydroxyl groups excluding tert-OH is 1. The number of hydrogen-bond acceptors (Lipinski definition) is 4. The summed E-state index contributed by atoms with van der Waals surface area (Å²) in [6.07, 6.45) is 0.772. The van der Waals surface area contributed by atoms with Gasteiger partial charge in [0.25, 0.3) is 0 Å². The molecule has 0 aromatic heterocycles. The Morgan fingerprint density at radius 1 is 1.24 bits per heavy atom. The molecule has 0 radical (unpaired) electrons. The number of para-hydroxylation sites is 1. The lowest BCUT2D eigenvalue weighted by atomic mass is 10.1. The Morgan fingerprint density at radius 2 is 2.00 bits per heavy atom. The van der Waals surface area contributed by atoms with E-state index in [1.807, 2.05) is 32.0 Å². The Hall–Kier alpha value is -1.92. The van der Waals surface area contributed by atoms with Crippen LogP contribution in [0.5, 0.6) is 0 Å². The van der Waals surface area contributed by atoms with Gasteiger partial charge in [0.15, 0.2) is 0 Å². The smallest absolute Gasteiger partial charge is 0.313 e. The van der Waals surface area contributed by atoms with Gasteiger partial charge in [0.1, 0.15) is 0 Å². The Bertz CT molecular complexity index is 489. The largest absolute Gasteiger partial charge is 0.394 e. The van der Waals surface area contributed by atoms with E-state index < -0.39 is 11.8 Å². The van der Waals surface area contributed by atoms with Crippen molar-refractivity contribution in [3.8, 4) is 0 Å². The van der Waals surface area contributed by atoms with Crippen molar-refractivity contribution >= 4 is 17.5 Å². The minimum absolute atomic E-state index is 0.0679. The molecular formula is C15H22N2O4. The van der Waals surface area contributed by atoms with Gasteiger partial charge in [0, 0.05) is 12.2 Å². The highest BCUT2D eigenvalue weighted by atomic mass is 16.5. The molecule has 1 aromatic carbocycles. The summed E-state index contributed by atoms with van der Waals surface area (Å²) in [6.45, 7) is 4.50. The molecule has 0 bridgehead atoms. The third-order valence-corrected chi connectivity index (χ3v) is 2.95. The van der Waals surface area contributed by atoms with E-state index in [1.165, 1.54) is 0 Å². The number of benzene rings is 1. The summed E-state index contributed by atoms with van der Waals surface area (Å²) in [6, 6.07) is 5.72. The summed E-state index contributed by atoms with van der Waals surface area (Å²) in [4.78, 5) is 23.5. The van der Waals surface area contributed by atoms with Crippen LogP contribution >= 0.6 is 0 Å². The standard InChI is InChI=1S/C15H22N2O4/c1-3-12-6-4-5-11(2)13(12)17-15(20)14(19)16-7-9-21-10-8-18/h4-6,18H,3,7-10H2,1-2H3,(H,16,19)(H,17,20). The van der Waals surface area contributed by atoms with Gasteiger partial charge in [0.2, 0.25) is 0 Å². The minimum atomic E-state index is -0.701. The van der Waals surface area contributed by atoms with Crippen LogP contribution in [0.2, 0.25) is 0 Å². The SMILES string of the molecule is CCc1cccc(C)c1NC(=O)C(=O)NCCOCCO. The first kappa shape index (κ1) is 17.1. The van der Waals surface area contributed by atoms with E-state index in [-0.39, 0.29) is 26.4 Å². The van der Waals surface area contributed by atoms with Crippen LogP contribution < -0.4 is 10.6 Å². The van der Waals surface area contributed by atoms with Crippen LogP contribution in [0.25, 0.3) is 0 Å². The number of anilines is 1. The summed E-state index contributed by atoms with van der Waals surface area (Å²) >= 11 is 0. The zero-order chi connectivity index (χ0) is 15.7. The molecule has 0 heterocycles. The van der Waals surface area contributed by atoms with Gasteiger partial charge in [-0.15, -0.1) is 0 Å². The van der Waals surface area contributed by atoms with Crippen LogP contribution in [0.4, 0.5) is 5.69 Å². The molecule has 0 unspecified atom stereocenters. The van der Waals surface area contributed by atoms with E-state index in [9.17, 15) is 9.59 Å². The van der Waals surface area contributed by atoms with E-state index in [2.05, 4.69) is 10.6 Å². The van der Waals surface area contributed by atoms with Gasteiger partial charge in [-0.2, -0.15) is 0 Å². The molecule has 21 heavy (non-hydrogen) atoms. The number of aliphatic hydroxyl groups is 1. The van der Waals surface area contributed by atoms with Crippen molar-refractivity contribution in [1.82, 2.24) is 5.32 Å². The molecule has 6 heteroatoms. The molecule has 116 valence electrons. The number of amides is 2. The highest BCUT2D eigenvalue weighted by Gasteiger charge is 2.15. The molecule has 0 fully saturated rings. The van der Waals surface area contributed by atoms with Crippen molar-refractivity contribution in [2.45, 2.75) is 20.3 Å². The second kappa shape index (κ2) is 9.10. The average molecular weight is 294 g/mol. The summed E-state index contributed by atoms with van der Waals surface area (Å²) in [5.74, 6) is -1.39. The van der Waals surface area contributed by atoms with Crippen molar-refractivity contribution in [2.24, 2.45) is 0 Å². The highest BCUT2D eigenvalue weighted by molar-refractivity contribution is 6.39. The molecule has 0 aliphatic heterocycles. The Kier molecular flexibility index (Phi) is 7.42. The number of rotatable bonds is 7. The highest BCUT2D eigenvalue weighted by Crippen LogP contribution is 2.20.